The molecule has 1 fully saturated rings. The fourth-order valence-corrected chi connectivity index (χ4v) is 2.71. The molecule has 1 heterocycles. The highest BCUT2D eigenvalue weighted by Gasteiger charge is 2.27. The highest BCUT2D eigenvalue weighted by atomic mass is 19.1. The summed E-state index contributed by atoms with van der Waals surface area (Å²) < 4.78 is 15.2. The average Bonchev–Trinajstić information content (AvgIpc) is 2.53. The van der Waals surface area contributed by atoms with E-state index in [2.05, 4.69) is 0 Å². The number of nitrogens with two attached hydrogens (primary N) is 1. The van der Waals surface area contributed by atoms with Gasteiger partial charge in [0.1, 0.15) is 5.82 Å². The largest absolute Gasteiger partial charge is 0.350 e. The summed E-state index contributed by atoms with van der Waals surface area (Å²) in [7, 11) is 1.94. The summed E-state index contributed by atoms with van der Waals surface area (Å²) in [6, 6.07) is 5.03. The van der Waals surface area contributed by atoms with Crippen LogP contribution in [0.2, 0.25) is 0 Å². The maximum Gasteiger partial charge on any atom is 0.125 e. The van der Waals surface area contributed by atoms with Gasteiger partial charge in [0, 0.05) is 24.7 Å². The fraction of sp³-hybridized carbons (Fsp3) is 0.429. The van der Waals surface area contributed by atoms with Gasteiger partial charge in [0.2, 0.25) is 0 Å². The van der Waals surface area contributed by atoms with Gasteiger partial charge >= 0.3 is 0 Å². The van der Waals surface area contributed by atoms with Crippen LogP contribution in [-0.2, 0) is 7.05 Å². The molecule has 17 heavy (non-hydrogen) atoms. The van der Waals surface area contributed by atoms with Gasteiger partial charge in [-0.2, -0.15) is 0 Å². The third-order valence-electron chi connectivity index (χ3n) is 4.00. The molecule has 0 bridgehead atoms. The minimum Gasteiger partial charge on any atom is -0.350 e. The molecule has 2 N–H and O–H groups in total. The van der Waals surface area contributed by atoms with Crippen molar-refractivity contribution in [2.24, 2.45) is 18.7 Å². The summed E-state index contributed by atoms with van der Waals surface area (Å²) in [6.45, 7) is 0. The maximum atomic E-state index is 13.2. The van der Waals surface area contributed by atoms with Crippen LogP contribution in [0.25, 0.3) is 10.9 Å². The zero-order valence-electron chi connectivity index (χ0n) is 9.99. The Hall–Kier alpha value is -1.35. The fourth-order valence-electron chi connectivity index (χ4n) is 2.71. The van der Waals surface area contributed by atoms with E-state index in [-0.39, 0.29) is 11.9 Å². The molecule has 0 saturated heterocycles. The van der Waals surface area contributed by atoms with Crippen molar-refractivity contribution < 1.29 is 4.39 Å². The lowest BCUT2D eigenvalue weighted by atomic mass is 9.77. The Kier molecular flexibility index (Phi) is 2.44. The summed E-state index contributed by atoms with van der Waals surface area (Å²) in [5.41, 5.74) is 8.40. The van der Waals surface area contributed by atoms with Crippen molar-refractivity contribution in [2.75, 3.05) is 0 Å². The van der Waals surface area contributed by atoms with E-state index in [0.717, 1.165) is 16.5 Å². The number of halogens is 1. The molecule has 1 saturated carbocycles. The minimum absolute atomic E-state index is 0.0953. The van der Waals surface area contributed by atoms with E-state index in [0.29, 0.717) is 5.92 Å². The van der Waals surface area contributed by atoms with Gasteiger partial charge in [0.25, 0.3) is 0 Å². The van der Waals surface area contributed by atoms with E-state index in [1.54, 1.807) is 6.07 Å². The molecule has 90 valence electrons. The Morgan fingerprint density at radius 2 is 2.18 bits per heavy atom. The Morgan fingerprint density at radius 1 is 1.41 bits per heavy atom. The molecule has 1 aliphatic rings. The van der Waals surface area contributed by atoms with Gasteiger partial charge in [-0.15, -0.1) is 0 Å². The second-order valence-electron chi connectivity index (χ2n) is 5.07. The highest BCUT2D eigenvalue weighted by molar-refractivity contribution is 5.84. The Bertz CT molecular complexity index is 555. The minimum atomic E-state index is -0.192. The van der Waals surface area contributed by atoms with Crippen LogP contribution >= 0.6 is 0 Å². The van der Waals surface area contributed by atoms with Crippen molar-refractivity contribution in [3.8, 4) is 0 Å². The van der Waals surface area contributed by atoms with Crippen LogP contribution in [0.3, 0.4) is 0 Å². The number of aromatic nitrogens is 1. The zero-order valence-corrected chi connectivity index (χ0v) is 9.99. The van der Waals surface area contributed by atoms with Crippen molar-refractivity contribution in [1.29, 1.82) is 0 Å². The second-order valence-corrected chi connectivity index (χ2v) is 5.07. The van der Waals surface area contributed by atoms with Gasteiger partial charge in [0.05, 0.1) is 5.52 Å². The van der Waals surface area contributed by atoms with Gasteiger partial charge in [-0.1, -0.05) is 6.42 Å². The maximum absolute atomic E-state index is 13.2. The van der Waals surface area contributed by atoms with Crippen molar-refractivity contribution in [3.05, 3.63) is 35.8 Å². The molecule has 1 aromatic heterocycles. The zero-order chi connectivity index (χ0) is 12.0. The average molecular weight is 232 g/mol. The van der Waals surface area contributed by atoms with Gasteiger partial charge in [-0.25, -0.2) is 4.39 Å². The molecule has 1 unspecified atom stereocenters. The van der Waals surface area contributed by atoms with Crippen molar-refractivity contribution in [2.45, 2.75) is 25.3 Å². The summed E-state index contributed by atoms with van der Waals surface area (Å²) >= 11 is 0. The molecule has 0 spiro atoms. The predicted octanol–water partition coefficient (Wildman–Crippen LogP) is 3.12. The summed E-state index contributed by atoms with van der Waals surface area (Å²) in [5.74, 6) is 0.410. The first-order valence-corrected chi connectivity index (χ1v) is 6.17. The van der Waals surface area contributed by atoms with Crippen LogP contribution in [0.1, 0.15) is 30.9 Å². The lowest BCUT2D eigenvalue weighted by Crippen LogP contribution is -2.26. The molecule has 1 aliphatic carbocycles. The SMILES string of the molecule is Cn1cc(C(N)C2CCC2)c2ccc(F)cc21. The molecule has 1 aromatic carbocycles. The third-order valence-corrected chi connectivity index (χ3v) is 4.00. The van der Waals surface area contributed by atoms with Crippen LogP contribution in [0.15, 0.2) is 24.4 Å². The van der Waals surface area contributed by atoms with E-state index in [4.69, 9.17) is 5.73 Å². The van der Waals surface area contributed by atoms with Crippen LogP contribution < -0.4 is 5.73 Å². The number of hydrogen-bond acceptors (Lipinski definition) is 1. The summed E-state index contributed by atoms with van der Waals surface area (Å²) in [6.07, 6.45) is 5.78. The Balaban J connectivity index is 2.10. The first kappa shape index (κ1) is 10.8. The molecule has 1 atom stereocenters. The van der Waals surface area contributed by atoms with E-state index < -0.39 is 0 Å². The Morgan fingerprint density at radius 3 is 2.82 bits per heavy atom. The standard InChI is InChI=1S/C14H17FN2/c1-17-8-12(14(16)9-3-2-4-9)11-6-5-10(15)7-13(11)17/h5-9,14H,2-4,16H2,1H3. The number of nitrogens with zero attached hydrogens (tertiary/aromatic N) is 1. The third kappa shape index (κ3) is 1.65. The first-order chi connectivity index (χ1) is 8.16. The highest BCUT2D eigenvalue weighted by Crippen LogP contribution is 2.38. The number of hydrogen-bond donors (Lipinski definition) is 1. The van der Waals surface area contributed by atoms with Gasteiger partial charge in [-0.3, -0.25) is 0 Å². The van der Waals surface area contributed by atoms with Crippen LogP contribution in [0.4, 0.5) is 4.39 Å². The molecule has 0 aliphatic heterocycles. The monoisotopic (exact) mass is 232 g/mol. The van der Waals surface area contributed by atoms with E-state index in [9.17, 15) is 4.39 Å². The summed E-state index contributed by atoms with van der Waals surface area (Å²) in [5, 5.41) is 1.09. The molecule has 2 aromatic rings. The van der Waals surface area contributed by atoms with Crippen molar-refractivity contribution in [3.63, 3.8) is 0 Å². The van der Waals surface area contributed by atoms with E-state index in [1.165, 1.54) is 25.3 Å². The number of rotatable bonds is 2. The predicted molar refractivity (Wildman–Crippen MR) is 67.1 cm³/mol. The van der Waals surface area contributed by atoms with Crippen LogP contribution in [0, 0.1) is 11.7 Å². The molecule has 0 amide bonds. The molecule has 2 nitrogen and oxygen atoms in total. The molecule has 3 heteroatoms. The van der Waals surface area contributed by atoms with Crippen LogP contribution in [-0.4, -0.2) is 4.57 Å². The quantitative estimate of drug-likeness (QED) is 0.847. The van der Waals surface area contributed by atoms with Gasteiger partial charge < -0.3 is 10.3 Å². The lowest BCUT2D eigenvalue weighted by Gasteiger charge is -2.31. The molecular weight excluding hydrogens is 215 g/mol. The second kappa shape index (κ2) is 3.84. The van der Waals surface area contributed by atoms with Gasteiger partial charge in [0.15, 0.2) is 0 Å². The van der Waals surface area contributed by atoms with Crippen LogP contribution in [0.5, 0.6) is 0 Å². The number of aryl methyl sites for hydroxylation is 1. The van der Waals surface area contributed by atoms with Gasteiger partial charge in [-0.05, 0) is 42.5 Å². The first-order valence-electron chi connectivity index (χ1n) is 6.17. The normalized spacial score (nSPS) is 18.3. The number of benzene rings is 1. The Labute approximate surface area is 100 Å². The smallest absolute Gasteiger partial charge is 0.125 e. The molecular formula is C14H17FN2. The van der Waals surface area contributed by atoms with Crippen molar-refractivity contribution in [1.82, 2.24) is 4.57 Å². The molecule has 0 radical (unpaired) electrons. The molecule has 3 rings (SSSR count). The van der Waals surface area contributed by atoms with E-state index >= 15 is 0 Å². The lowest BCUT2D eigenvalue weighted by molar-refractivity contribution is 0.265. The number of fused-ring (bicyclic) bond motifs is 1. The summed E-state index contributed by atoms with van der Waals surface area (Å²) in [4.78, 5) is 0. The topological polar surface area (TPSA) is 30.9 Å². The van der Waals surface area contributed by atoms with E-state index in [1.807, 2.05) is 23.9 Å². The van der Waals surface area contributed by atoms with Crippen molar-refractivity contribution >= 4 is 10.9 Å².